The van der Waals surface area contributed by atoms with Crippen LogP contribution in [0.5, 0.6) is 0 Å². The molecule has 0 nitrogen and oxygen atoms in total. The first-order chi connectivity index (χ1) is 4.83. The normalized spacial score (nSPS) is 15.5. The molecule has 1 unspecified atom stereocenters. The van der Waals surface area contributed by atoms with Crippen molar-refractivity contribution in [1.82, 2.24) is 0 Å². The third kappa shape index (κ3) is 7.80. The molecular formula is C6H9Cl5. The summed E-state index contributed by atoms with van der Waals surface area (Å²) in [7, 11) is 0. The fraction of sp³-hybridized carbons (Fsp3) is 1.00. The summed E-state index contributed by atoms with van der Waals surface area (Å²) in [4.78, 5) is -0.541. The van der Waals surface area contributed by atoms with Crippen LogP contribution in [0.1, 0.15) is 19.8 Å². The summed E-state index contributed by atoms with van der Waals surface area (Å²) in [6, 6.07) is 0. The van der Waals surface area contributed by atoms with Gasteiger partial charge in [-0.05, 0) is 13.3 Å². The second-order valence-electron chi connectivity index (χ2n) is 2.44. The Bertz CT molecular complexity index is 97.5. The molecule has 0 amide bonds. The number of hydrogen-bond donors (Lipinski definition) is 0. The molecule has 68 valence electrons. The van der Waals surface area contributed by atoms with Crippen molar-refractivity contribution in [3.8, 4) is 0 Å². The number of alkyl halides is 5. The third-order valence-corrected chi connectivity index (χ3v) is 2.11. The monoisotopic (exact) mass is 256 g/mol. The molecule has 0 aliphatic carbocycles. The Hall–Kier alpha value is 1.45. The highest BCUT2D eigenvalue weighted by molar-refractivity contribution is 6.51. The van der Waals surface area contributed by atoms with Crippen LogP contribution in [0, 0.1) is 0 Å². The summed E-state index contributed by atoms with van der Waals surface area (Å²) < 4.78 is -0.907. The molecule has 0 aromatic carbocycles. The summed E-state index contributed by atoms with van der Waals surface area (Å²) in [5, 5.41) is -0.0721. The smallest absolute Gasteiger partial charge is 0.122 e. The standard InChI is InChI=1S/C6H9Cl5/c1-4(7)2-6(10,11)3-5(8)9/h4-5H,2-3H2,1H3. The van der Waals surface area contributed by atoms with Crippen molar-refractivity contribution in [2.24, 2.45) is 0 Å². The highest BCUT2D eigenvalue weighted by Gasteiger charge is 2.28. The van der Waals surface area contributed by atoms with Crippen LogP contribution in [-0.4, -0.2) is 14.5 Å². The molecule has 0 saturated heterocycles. The van der Waals surface area contributed by atoms with Crippen molar-refractivity contribution < 1.29 is 0 Å². The lowest BCUT2D eigenvalue weighted by Crippen LogP contribution is -2.19. The summed E-state index contributed by atoms with van der Waals surface area (Å²) in [6.07, 6.45) is 0.809. The van der Waals surface area contributed by atoms with E-state index in [1.54, 1.807) is 0 Å². The van der Waals surface area contributed by atoms with Crippen LogP contribution in [0.3, 0.4) is 0 Å². The average Bonchev–Trinajstić information content (AvgIpc) is 1.53. The van der Waals surface area contributed by atoms with E-state index >= 15 is 0 Å². The minimum atomic E-state index is -0.907. The van der Waals surface area contributed by atoms with Gasteiger partial charge in [0.15, 0.2) is 0 Å². The molecule has 11 heavy (non-hydrogen) atoms. The summed E-state index contributed by atoms with van der Waals surface area (Å²) in [5.41, 5.74) is 0. The maximum Gasteiger partial charge on any atom is 0.122 e. The lowest BCUT2D eigenvalue weighted by Gasteiger charge is -2.20. The van der Waals surface area contributed by atoms with Crippen LogP contribution in [0.2, 0.25) is 0 Å². The zero-order valence-electron chi connectivity index (χ0n) is 5.96. The zero-order chi connectivity index (χ0) is 9.07. The van der Waals surface area contributed by atoms with Gasteiger partial charge in [0.2, 0.25) is 0 Å². The van der Waals surface area contributed by atoms with E-state index in [-0.39, 0.29) is 5.38 Å². The van der Waals surface area contributed by atoms with Crippen LogP contribution in [0.25, 0.3) is 0 Å². The van der Waals surface area contributed by atoms with Crippen molar-refractivity contribution in [1.29, 1.82) is 0 Å². The fourth-order valence-corrected chi connectivity index (χ4v) is 2.76. The molecule has 5 heteroatoms. The fourth-order valence-electron chi connectivity index (χ4n) is 0.721. The molecular weight excluding hydrogens is 249 g/mol. The Morgan fingerprint density at radius 1 is 1.09 bits per heavy atom. The van der Waals surface area contributed by atoms with Gasteiger partial charge in [-0.3, -0.25) is 0 Å². The van der Waals surface area contributed by atoms with Gasteiger partial charge in [0.1, 0.15) is 9.17 Å². The minimum Gasteiger partial charge on any atom is -0.123 e. The van der Waals surface area contributed by atoms with Gasteiger partial charge in [0.25, 0.3) is 0 Å². The Kier molecular flexibility index (Phi) is 5.93. The van der Waals surface area contributed by atoms with E-state index in [0.717, 1.165) is 0 Å². The van der Waals surface area contributed by atoms with Gasteiger partial charge in [0, 0.05) is 11.8 Å². The molecule has 1 atom stereocenters. The first kappa shape index (κ1) is 12.4. The van der Waals surface area contributed by atoms with Crippen LogP contribution >= 0.6 is 58.0 Å². The first-order valence-electron chi connectivity index (χ1n) is 3.13. The summed E-state index contributed by atoms with van der Waals surface area (Å²) in [5.74, 6) is 0. The SMILES string of the molecule is CC(Cl)CC(Cl)(Cl)CC(Cl)Cl. The Labute approximate surface area is 92.1 Å². The van der Waals surface area contributed by atoms with Crippen molar-refractivity contribution >= 4 is 58.0 Å². The quantitative estimate of drug-likeness (QED) is 0.657. The van der Waals surface area contributed by atoms with Gasteiger partial charge in [-0.25, -0.2) is 0 Å². The van der Waals surface area contributed by atoms with E-state index in [4.69, 9.17) is 58.0 Å². The van der Waals surface area contributed by atoms with Crippen LogP contribution < -0.4 is 0 Å². The topological polar surface area (TPSA) is 0 Å². The number of hydrogen-bond acceptors (Lipinski definition) is 0. The van der Waals surface area contributed by atoms with Crippen molar-refractivity contribution in [3.63, 3.8) is 0 Å². The van der Waals surface area contributed by atoms with Crippen molar-refractivity contribution in [3.05, 3.63) is 0 Å². The molecule has 0 spiro atoms. The predicted octanol–water partition coefficient (Wildman–Crippen LogP) is 4.37. The van der Waals surface area contributed by atoms with E-state index < -0.39 is 9.17 Å². The molecule has 0 saturated carbocycles. The van der Waals surface area contributed by atoms with Crippen LogP contribution in [-0.2, 0) is 0 Å². The molecule has 0 bridgehead atoms. The lowest BCUT2D eigenvalue weighted by atomic mass is 10.2. The first-order valence-corrected chi connectivity index (χ1v) is 5.20. The molecule has 0 rings (SSSR count). The Morgan fingerprint density at radius 3 is 1.82 bits per heavy atom. The Morgan fingerprint density at radius 2 is 1.55 bits per heavy atom. The second kappa shape index (κ2) is 5.24. The van der Waals surface area contributed by atoms with E-state index in [0.29, 0.717) is 12.8 Å². The third-order valence-electron chi connectivity index (χ3n) is 1.03. The molecule has 0 radical (unpaired) electrons. The van der Waals surface area contributed by atoms with Gasteiger partial charge >= 0.3 is 0 Å². The summed E-state index contributed by atoms with van der Waals surface area (Å²) in [6.45, 7) is 1.82. The van der Waals surface area contributed by atoms with Gasteiger partial charge in [0.05, 0.1) is 0 Å². The van der Waals surface area contributed by atoms with E-state index in [1.807, 2.05) is 6.92 Å². The summed E-state index contributed by atoms with van der Waals surface area (Å²) >= 11 is 28.4. The van der Waals surface area contributed by atoms with Gasteiger partial charge < -0.3 is 0 Å². The van der Waals surface area contributed by atoms with Crippen LogP contribution in [0.15, 0.2) is 0 Å². The highest BCUT2D eigenvalue weighted by Crippen LogP contribution is 2.35. The zero-order valence-corrected chi connectivity index (χ0v) is 9.74. The maximum atomic E-state index is 5.84. The van der Waals surface area contributed by atoms with E-state index in [2.05, 4.69) is 0 Å². The Balaban J connectivity index is 3.79. The molecule has 0 fully saturated rings. The number of rotatable bonds is 4. The van der Waals surface area contributed by atoms with E-state index in [9.17, 15) is 0 Å². The predicted molar refractivity (Wildman–Crippen MR) is 54.5 cm³/mol. The van der Waals surface area contributed by atoms with Gasteiger partial charge in [-0.2, -0.15) is 0 Å². The molecule has 0 aromatic rings. The molecule has 0 aromatic heterocycles. The minimum absolute atomic E-state index is 0.0721. The molecule has 0 heterocycles. The van der Waals surface area contributed by atoms with Gasteiger partial charge in [-0.15, -0.1) is 58.0 Å². The molecule has 0 N–H and O–H groups in total. The molecule has 0 aliphatic rings. The van der Waals surface area contributed by atoms with E-state index in [1.165, 1.54) is 0 Å². The molecule has 0 aliphatic heterocycles. The second-order valence-corrected chi connectivity index (χ2v) is 6.10. The van der Waals surface area contributed by atoms with Gasteiger partial charge in [-0.1, -0.05) is 0 Å². The van der Waals surface area contributed by atoms with Crippen molar-refractivity contribution in [2.75, 3.05) is 0 Å². The highest BCUT2D eigenvalue weighted by atomic mass is 35.5. The maximum absolute atomic E-state index is 5.84. The largest absolute Gasteiger partial charge is 0.123 e. The average molecular weight is 258 g/mol. The number of halogens is 5. The lowest BCUT2D eigenvalue weighted by molar-refractivity contribution is 0.653. The van der Waals surface area contributed by atoms with Crippen LogP contribution in [0.4, 0.5) is 0 Å². The van der Waals surface area contributed by atoms with Crippen molar-refractivity contribution in [2.45, 2.75) is 34.3 Å².